The summed E-state index contributed by atoms with van der Waals surface area (Å²) in [6, 6.07) is 0. The minimum Gasteiger partial charge on any atom is -0.393 e. The van der Waals surface area contributed by atoms with Gasteiger partial charge >= 0.3 is 0 Å². The minimum absolute atomic E-state index is 0.0512. The molecule has 0 aromatic heterocycles. The third kappa shape index (κ3) is 7.37. The lowest BCUT2D eigenvalue weighted by Crippen LogP contribution is -2.10. The van der Waals surface area contributed by atoms with Crippen molar-refractivity contribution in [1.82, 2.24) is 0 Å². The summed E-state index contributed by atoms with van der Waals surface area (Å²) in [6.07, 6.45) is 8.01. The summed E-state index contributed by atoms with van der Waals surface area (Å²) in [5, 5.41) is 9.54. The number of hydrogen-bond acceptors (Lipinski definition) is 1. The van der Waals surface area contributed by atoms with Crippen molar-refractivity contribution in [3.05, 3.63) is 0 Å². The van der Waals surface area contributed by atoms with Crippen molar-refractivity contribution < 1.29 is 5.11 Å². The Balaban J connectivity index is 3.37. The lowest BCUT2D eigenvalue weighted by atomic mass is 9.84. The first-order valence-electron chi connectivity index (χ1n) is 6.20. The maximum atomic E-state index is 9.54. The molecule has 1 unspecified atom stereocenters. The second kappa shape index (κ2) is 7.28. The van der Waals surface area contributed by atoms with Gasteiger partial charge in [-0.3, -0.25) is 0 Å². The SMILES string of the molecule is CCCC(O)CCCCC(C)(C)CC. The topological polar surface area (TPSA) is 20.2 Å². The average molecular weight is 200 g/mol. The van der Waals surface area contributed by atoms with E-state index in [1.807, 2.05) is 0 Å². The molecular weight excluding hydrogens is 172 g/mol. The number of aliphatic hydroxyl groups excluding tert-OH is 1. The predicted molar refractivity (Wildman–Crippen MR) is 63.5 cm³/mol. The molecule has 1 atom stereocenters. The third-order valence-corrected chi connectivity index (χ3v) is 3.22. The first kappa shape index (κ1) is 14.0. The molecule has 0 radical (unpaired) electrons. The van der Waals surface area contributed by atoms with E-state index >= 15 is 0 Å². The summed E-state index contributed by atoms with van der Waals surface area (Å²) in [7, 11) is 0. The molecule has 86 valence electrons. The molecule has 0 rings (SSSR count). The van der Waals surface area contributed by atoms with E-state index in [1.165, 1.54) is 25.7 Å². The molecule has 1 heteroatoms. The maximum Gasteiger partial charge on any atom is 0.0540 e. The Morgan fingerprint density at radius 2 is 1.71 bits per heavy atom. The molecule has 0 aromatic rings. The van der Waals surface area contributed by atoms with Crippen LogP contribution in [0.4, 0.5) is 0 Å². The van der Waals surface area contributed by atoms with Crippen LogP contribution in [0.1, 0.15) is 72.6 Å². The highest BCUT2D eigenvalue weighted by Crippen LogP contribution is 2.27. The number of aliphatic hydroxyl groups is 1. The van der Waals surface area contributed by atoms with Crippen molar-refractivity contribution in [2.75, 3.05) is 0 Å². The highest BCUT2D eigenvalue weighted by molar-refractivity contribution is 4.66. The van der Waals surface area contributed by atoms with Crippen LogP contribution in [0, 0.1) is 5.41 Å². The monoisotopic (exact) mass is 200 g/mol. The highest BCUT2D eigenvalue weighted by Gasteiger charge is 2.14. The third-order valence-electron chi connectivity index (χ3n) is 3.22. The van der Waals surface area contributed by atoms with Crippen molar-refractivity contribution in [2.45, 2.75) is 78.7 Å². The van der Waals surface area contributed by atoms with E-state index in [0.717, 1.165) is 19.3 Å². The molecular formula is C13H28O. The summed E-state index contributed by atoms with van der Waals surface area (Å²) < 4.78 is 0. The van der Waals surface area contributed by atoms with Gasteiger partial charge in [-0.25, -0.2) is 0 Å². The quantitative estimate of drug-likeness (QED) is 0.584. The van der Waals surface area contributed by atoms with Crippen molar-refractivity contribution in [1.29, 1.82) is 0 Å². The molecule has 0 spiro atoms. The van der Waals surface area contributed by atoms with E-state index in [9.17, 15) is 5.11 Å². The second-order valence-corrected chi connectivity index (χ2v) is 5.21. The van der Waals surface area contributed by atoms with Gasteiger partial charge in [-0.2, -0.15) is 0 Å². The molecule has 14 heavy (non-hydrogen) atoms. The summed E-state index contributed by atoms with van der Waals surface area (Å²) in [4.78, 5) is 0. The van der Waals surface area contributed by atoms with Crippen LogP contribution in [0.5, 0.6) is 0 Å². The molecule has 1 N–H and O–H groups in total. The van der Waals surface area contributed by atoms with Gasteiger partial charge in [0.25, 0.3) is 0 Å². The molecule has 0 aliphatic carbocycles. The van der Waals surface area contributed by atoms with Crippen LogP contribution in [-0.4, -0.2) is 11.2 Å². The van der Waals surface area contributed by atoms with Crippen LogP contribution < -0.4 is 0 Å². The smallest absolute Gasteiger partial charge is 0.0540 e. The fourth-order valence-corrected chi connectivity index (χ4v) is 1.64. The average Bonchev–Trinajstić information content (AvgIpc) is 2.13. The summed E-state index contributed by atoms with van der Waals surface area (Å²) in [5.74, 6) is 0. The van der Waals surface area contributed by atoms with E-state index in [0.29, 0.717) is 5.41 Å². The van der Waals surface area contributed by atoms with Crippen LogP contribution in [0.15, 0.2) is 0 Å². The number of hydrogen-bond donors (Lipinski definition) is 1. The summed E-state index contributed by atoms with van der Waals surface area (Å²) >= 11 is 0. The lowest BCUT2D eigenvalue weighted by molar-refractivity contribution is 0.148. The fraction of sp³-hybridized carbons (Fsp3) is 1.00. The molecule has 0 fully saturated rings. The molecule has 0 saturated carbocycles. The van der Waals surface area contributed by atoms with Crippen LogP contribution in [-0.2, 0) is 0 Å². The van der Waals surface area contributed by atoms with Gasteiger partial charge in [0.1, 0.15) is 0 Å². The van der Waals surface area contributed by atoms with E-state index in [4.69, 9.17) is 0 Å². The molecule has 0 heterocycles. The van der Waals surface area contributed by atoms with Gasteiger partial charge in [-0.1, -0.05) is 53.4 Å². The molecule has 0 bridgehead atoms. The largest absolute Gasteiger partial charge is 0.393 e. The van der Waals surface area contributed by atoms with Gasteiger partial charge in [0.15, 0.2) is 0 Å². The van der Waals surface area contributed by atoms with E-state index in [-0.39, 0.29) is 6.10 Å². The zero-order chi connectivity index (χ0) is 11.0. The van der Waals surface area contributed by atoms with Crippen molar-refractivity contribution >= 4 is 0 Å². The van der Waals surface area contributed by atoms with Gasteiger partial charge in [0, 0.05) is 0 Å². The molecule has 0 aliphatic heterocycles. The van der Waals surface area contributed by atoms with Crippen LogP contribution >= 0.6 is 0 Å². The molecule has 0 amide bonds. The van der Waals surface area contributed by atoms with Crippen LogP contribution in [0.3, 0.4) is 0 Å². The first-order valence-corrected chi connectivity index (χ1v) is 6.20. The molecule has 1 nitrogen and oxygen atoms in total. The van der Waals surface area contributed by atoms with Crippen LogP contribution in [0.2, 0.25) is 0 Å². The first-order chi connectivity index (χ1) is 6.52. The Labute approximate surface area is 89.9 Å². The Hall–Kier alpha value is -0.0400. The summed E-state index contributed by atoms with van der Waals surface area (Å²) in [6.45, 7) is 9.04. The van der Waals surface area contributed by atoms with Gasteiger partial charge in [-0.05, 0) is 24.7 Å². The fourth-order valence-electron chi connectivity index (χ4n) is 1.64. The predicted octanol–water partition coefficient (Wildman–Crippen LogP) is 4.14. The van der Waals surface area contributed by atoms with Gasteiger partial charge in [0.2, 0.25) is 0 Å². The van der Waals surface area contributed by atoms with E-state index in [2.05, 4.69) is 27.7 Å². The van der Waals surface area contributed by atoms with Gasteiger partial charge in [-0.15, -0.1) is 0 Å². The standard InChI is InChI=1S/C13H28O/c1-5-9-12(14)10-7-8-11-13(3,4)6-2/h12,14H,5-11H2,1-4H3. The normalized spacial score (nSPS) is 14.4. The van der Waals surface area contributed by atoms with Crippen molar-refractivity contribution in [3.8, 4) is 0 Å². The number of rotatable bonds is 8. The Kier molecular flexibility index (Phi) is 7.26. The molecule has 0 aromatic carbocycles. The second-order valence-electron chi connectivity index (χ2n) is 5.21. The maximum absolute atomic E-state index is 9.54. The Morgan fingerprint density at radius 1 is 1.07 bits per heavy atom. The Bertz CT molecular complexity index is 129. The van der Waals surface area contributed by atoms with Crippen molar-refractivity contribution in [3.63, 3.8) is 0 Å². The van der Waals surface area contributed by atoms with E-state index < -0.39 is 0 Å². The van der Waals surface area contributed by atoms with Gasteiger partial charge < -0.3 is 5.11 Å². The highest BCUT2D eigenvalue weighted by atomic mass is 16.3. The summed E-state index contributed by atoms with van der Waals surface area (Å²) in [5.41, 5.74) is 0.496. The minimum atomic E-state index is -0.0512. The molecule has 0 aliphatic rings. The lowest BCUT2D eigenvalue weighted by Gasteiger charge is -2.22. The Morgan fingerprint density at radius 3 is 2.21 bits per heavy atom. The van der Waals surface area contributed by atoms with Gasteiger partial charge in [0.05, 0.1) is 6.10 Å². The van der Waals surface area contributed by atoms with Crippen molar-refractivity contribution in [2.24, 2.45) is 5.41 Å². The van der Waals surface area contributed by atoms with E-state index in [1.54, 1.807) is 0 Å². The zero-order valence-corrected chi connectivity index (χ0v) is 10.5. The number of unbranched alkanes of at least 4 members (excludes halogenated alkanes) is 1. The zero-order valence-electron chi connectivity index (χ0n) is 10.5. The molecule has 0 saturated heterocycles. The van der Waals surface area contributed by atoms with Crippen LogP contribution in [0.25, 0.3) is 0 Å².